The largest absolute Gasteiger partial charge is 0.493 e. The fourth-order valence-corrected chi connectivity index (χ4v) is 3.34. The molecular weight excluding hydrogens is 446 g/mol. The predicted molar refractivity (Wildman–Crippen MR) is 116 cm³/mol. The number of rotatable bonds is 9. The summed E-state index contributed by atoms with van der Waals surface area (Å²) in [6.07, 6.45) is 2.41. The molecule has 2 aromatic carbocycles. The number of ether oxygens (including phenoxy) is 2. The molecule has 0 aromatic heterocycles. The summed E-state index contributed by atoms with van der Waals surface area (Å²) >= 11 is 11.5. The van der Waals surface area contributed by atoms with Gasteiger partial charge in [-0.3, -0.25) is 9.59 Å². The SMILES string of the molecule is CC1(NC(=O)COc2ccc(Cl)c(F)c2)C=C(NC(=O)CCOc2cccc(Cl)c2)C1. The summed E-state index contributed by atoms with van der Waals surface area (Å²) in [6.45, 7) is 1.77. The topological polar surface area (TPSA) is 76.7 Å². The van der Waals surface area contributed by atoms with Crippen LogP contribution in [0.2, 0.25) is 10.0 Å². The van der Waals surface area contributed by atoms with Crippen LogP contribution in [0.1, 0.15) is 19.8 Å². The minimum atomic E-state index is -0.619. The van der Waals surface area contributed by atoms with E-state index in [1.807, 2.05) is 6.92 Å². The molecule has 2 amide bonds. The molecule has 0 spiro atoms. The van der Waals surface area contributed by atoms with Crippen LogP contribution in [0.4, 0.5) is 4.39 Å². The van der Waals surface area contributed by atoms with Gasteiger partial charge in [0.15, 0.2) is 6.61 Å². The monoisotopic (exact) mass is 466 g/mol. The Hall–Kier alpha value is -2.77. The van der Waals surface area contributed by atoms with Crippen LogP contribution >= 0.6 is 23.2 Å². The van der Waals surface area contributed by atoms with Crippen molar-refractivity contribution in [3.05, 3.63) is 70.1 Å². The summed E-state index contributed by atoms with van der Waals surface area (Å²) in [5, 5.41) is 6.15. The molecule has 0 saturated carbocycles. The Morgan fingerprint density at radius 1 is 1.10 bits per heavy atom. The lowest BCUT2D eigenvalue weighted by Crippen LogP contribution is -2.53. The first-order valence-electron chi connectivity index (χ1n) is 9.51. The summed E-state index contributed by atoms with van der Waals surface area (Å²) in [5.41, 5.74) is 0.127. The van der Waals surface area contributed by atoms with Gasteiger partial charge in [-0.05, 0) is 43.3 Å². The number of hydrogen-bond acceptors (Lipinski definition) is 4. The third-order valence-corrected chi connectivity index (χ3v) is 4.97. The van der Waals surface area contributed by atoms with Crippen LogP contribution in [0.3, 0.4) is 0 Å². The minimum Gasteiger partial charge on any atom is -0.493 e. The van der Waals surface area contributed by atoms with E-state index in [0.717, 1.165) is 11.8 Å². The standard InChI is InChI=1S/C22H21Cl2FN2O4/c1-22(27-21(29)13-31-17-5-6-18(24)19(25)10-17)11-15(12-22)26-20(28)7-8-30-16-4-2-3-14(23)9-16/h2-6,9-11H,7-8,12-13H2,1H3,(H,26,28)(H,27,29). The zero-order valence-corrected chi connectivity index (χ0v) is 18.2. The molecule has 1 atom stereocenters. The van der Waals surface area contributed by atoms with E-state index in [4.69, 9.17) is 32.7 Å². The molecule has 31 heavy (non-hydrogen) atoms. The highest BCUT2D eigenvalue weighted by Gasteiger charge is 2.34. The van der Waals surface area contributed by atoms with E-state index >= 15 is 0 Å². The smallest absolute Gasteiger partial charge is 0.258 e. The minimum absolute atomic E-state index is 0.0190. The molecule has 1 unspecified atom stereocenters. The molecule has 6 nitrogen and oxygen atoms in total. The van der Waals surface area contributed by atoms with Crippen molar-refractivity contribution in [2.45, 2.75) is 25.3 Å². The number of halogens is 3. The third-order valence-electron chi connectivity index (χ3n) is 4.43. The normalized spacial score (nSPS) is 17.2. The van der Waals surface area contributed by atoms with E-state index in [2.05, 4.69) is 10.6 Å². The number of carbonyl (C=O) groups is 2. The molecule has 164 valence electrons. The Bertz CT molecular complexity index is 1010. The molecule has 9 heteroatoms. The Morgan fingerprint density at radius 3 is 2.55 bits per heavy atom. The van der Waals surface area contributed by atoms with Gasteiger partial charge in [0, 0.05) is 23.2 Å². The van der Waals surface area contributed by atoms with Crippen LogP contribution in [-0.4, -0.2) is 30.6 Å². The summed E-state index contributed by atoms with van der Waals surface area (Å²) in [7, 11) is 0. The van der Waals surface area contributed by atoms with E-state index in [-0.39, 0.29) is 42.2 Å². The van der Waals surface area contributed by atoms with Gasteiger partial charge < -0.3 is 20.1 Å². The van der Waals surface area contributed by atoms with Gasteiger partial charge in [-0.25, -0.2) is 4.39 Å². The molecule has 2 N–H and O–H groups in total. The van der Waals surface area contributed by atoms with Crippen molar-refractivity contribution in [1.82, 2.24) is 10.6 Å². The first-order valence-corrected chi connectivity index (χ1v) is 10.3. The predicted octanol–water partition coefficient (Wildman–Crippen LogP) is 4.26. The third kappa shape index (κ3) is 6.87. The lowest BCUT2D eigenvalue weighted by atomic mass is 9.84. The van der Waals surface area contributed by atoms with Gasteiger partial charge in [-0.15, -0.1) is 0 Å². The van der Waals surface area contributed by atoms with Crippen molar-refractivity contribution in [1.29, 1.82) is 0 Å². The van der Waals surface area contributed by atoms with Gasteiger partial charge in [0.25, 0.3) is 5.91 Å². The molecular formula is C22H21Cl2FN2O4. The number of carbonyl (C=O) groups excluding carboxylic acids is 2. The highest BCUT2D eigenvalue weighted by Crippen LogP contribution is 2.28. The maximum Gasteiger partial charge on any atom is 0.258 e. The van der Waals surface area contributed by atoms with Crippen LogP contribution in [0.5, 0.6) is 11.5 Å². The number of benzene rings is 2. The summed E-state index contributed by atoms with van der Waals surface area (Å²) in [6, 6.07) is 10.9. The van der Waals surface area contributed by atoms with Gasteiger partial charge in [-0.2, -0.15) is 0 Å². The van der Waals surface area contributed by atoms with Crippen LogP contribution in [0.25, 0.3) is 0 Å². The maximum absolute atomic E-state index is 13.4. The van der Waals surface area contributed by atoms with E-state index in [1.165, 1.54) is 12.1 Å². The summed E-state index contributed by atoms with van der Waals surface area (Å²) in [5.74, 6) is -0.364. The molecule has 1 aliphatic carbocycles. The van der Waals surface area contributed by atoms with Gasteiger partial charge >= 0.3 is 0 Å². The van der Waals surface area contributed by atoms with Crippen molar-refractivity contribution in [3.63, 3.8) is 0 Å². The van der Waals surface area contributed by atoms with E-state index in [1.54, 1.807) is 30.3 Å². The van der Waals surface area contributed by atoms with Gasteiger partial charge in [0.05, 0.1) is 23.6 Å². The maximum atomic E-state index is 13.4. The molecule has 0 radical (unpaired) electrons. The lowest BCUT2D eigenvalue weighted by molar-refractivity contribution is -0.124. The first-order chi connectivity index (χ1) is 14.7. The fraction of sp³-hybridized carbons (Fsp3) is 0.273. The van der Waals surface area contributed by atoms with Crippen LogP contribution in [-0.2, 0) is 9.59 Å². The summed E-state index contributed by atoms with van der Waals surface area (Å²) in [4.78, 5) is 24.1. The quantitative estimate of drug-likeness (QED) is 0.578. The lowest BCUT2D eigenvalue weighted by Gasteiger charge is -2.37. The Morgan fingerprint density at radius 2 is 1.84 bits per heavy atom. The zero-order chi connectivity index (χ0) is 22.4. The second-order valence-electron chi connectivity index (χ2n) is 7.28. The molecule has 3 rings (SSSR count). The van der Waals surface area contributed by atoms with Crippen molar-refractivity contribution in [3.8, 4) is 11.5 Å². The molecule has 0 heterocycles. The Labute approximate surface area is 189 Å². The van der Waals surface area contributed by atoms with Gasteiger partial charge in [-0.1, -0.05) is 29.3 Å². The second-order valence-corrected chi connectivity index (χ2v) is 8.12. The molecule has 0 bridgehead atoms. The zero-order valence-electron chi connectivity index (χ0n) is 16.7. The average molecular weight is 467 g/mol. The van der Waals surface area contributed by atoms with Gasteiger partial charge in [0.2, 0.25) is 5.91 Å². The average Bonchev–Trinajstić information content (AvgIpc) is 2.68. The molecule has 1 aliphatic rings. The molecule has 0 aliphatic heterocycles. The Kier molecular flexibility index (Phi) is 7.41. The highest BCUT2D eigenvalue weighted by atomic mass is 35.5. The highest BCUT2D eigenvalue weighted by molar-refractivity contribution is 6.31. The molecule has 2 aromatic rings. The molecule has 0 saturated heterocycles. The van der Waals surface area contributed by atoms with Gasteiger partial charge in [0.1, 0.15) is 17.3 Å². The summed E-state index contributed by atoms with van der Waals surface area (Å²) < 4.78 is 24.2. The number of amides is 2. The van der Waals surface area contributed by atoms with Crippen molar-refractivity contribution >= 4 is 35.0 Å². The van der Waals surface area contributed by atoms with Crippen molar-refractivity contribution in [2.24, 2.45) is 0 Å². The molecule has 0 fully saturated rings. The van der Waals surface area contributed by atoms with E-state index < -0.39 is 11.4 Å². The van der Waals surface area contributed by atoms with E-state index in [0.29, 0.717) is 17.2 Å². The number of nitrogens with one attached hydrogen (secondary N) is 2. The van der Waals surface area contributed by atoms with Crippen LogP contribution < -0.4 is 20.1 Å². The van der Waals surface area contributed by atoms with E-state index in [9.17, 15) is 14.0 Å². The van der Waals surface area contributed by atoms with Crippen LogP contribution in [0.15, 0.2) is 54.2 Å². The Balaban J connectivity index is 1.37. The van der Waals surface area contributed by atoms with Crippen LogP contribution in [0, 0.1) is 5.82 Å². The fourth-order valence-electron chi connectivity index (χ4n) is 3.04. The van der Waals surface area contributed by atoms with Crippen molar-refractivity contribution < 1.29 is 23.5 Å². The first kappa shape index (κ1) is 22.9. The number of hydrogen-bond donors (Lipinski definition) is 2. The van der Waals surface area contributed by atoms with Crippen molar-refractivity contribution in [2.75, 3.05) is 13.2 Å². The second kappa shape index (κ2) is 10.0.